The summed E-state index contributed by atoms with van der Waals surface area (Å²) in [6.45, 7) is 3.40. The Balaban J connectivity index is 1.41. The van der Waals surface area contributed by atoms with Gasteiger partial charge in [-0.2, -0.15) is 5.10 Å². The molecule has 0 radical (unpaired) electrons. The van der Waals surface area contributed by atoms with Gasteiger partial charge < -0.3 is 14.6 Å². The molecule has 0 aliphatic carbocycles. The van der Waals surface area contributed by atoms with Crippen LogP contribution in [0.1, 0.15) is 0 Å². The van der Waals surface area contributed by atoms with Crippen LogP contribution in [0.25, 0.3) is 0 Å². The zero-order chi connectivity index (χ0) is 16.8. The Morgan fingerprint density at radius 2 is 2.21 bits per heavy atom. The van der Waals surface area contributed by atoms with E-state index in [1.807, 2.05) is 0 Å². The lowest BCUT2D eigenvalue weighted by atomic mass is 10.2. The fourth-order valence-corrected chi connectivity index (χ4v) is 2.67. The summed E-state index contributed by atoms with van der Waals surface area (Å²) in [6.07, 6.45) is 2.55. The van der Waals surface area contributed by atoms with Crippen molar-refractivity contribution in [2.75, 3.05) is 32.8 Å². The molecule has 0 unspecified atom stereocenters. The molecule has 0 spiro atoms. The number of rotatable bonds is 7. The minimum atomic E-state index is -0.625. The van der Waals surface area contributed by atoms with Crippen molar-refractivity contribution in [1.82, 2.24) is 19.7 Å². The minimum Gasteiger partial charge on any atom is -0.491 e. The van der Waals surface area contributed by atoms with Gasteiger partial charge in [0.15, 0.2) is 0 Å². The molecule has 1 N–H and O–H groups in total. The number of hydrogen-bond acceptors (Lipinski definition) is 6. The molecule has 2 heterocycles. The molecule has 2 aromatic rings. The second-order valence-corrected chi connectivity index (χ2v) is 5.79. The Morgan fingerprint density at radius 1 is 1.38 bits per heavy atom. The Hall–Kier alpha value is -2.03. The minimum absolute atomic E-state index is 0.0191. The van der Waals surface area contributed by atoms with E-state index in [1.54, 1.807) is 23.1 Å². The summed E-state index contributed by atoms with van der Waals surface area (Å²) < 4.78 is 25.8. The molecule has 0 amide bonds. The largest absolute Gasteiger partial charge is 0.491 e. The molecule has 8 heteroatoms. The lowest BCUT2D eigenvalue weighted by molar-refractivity contribution is -0.0517. The van der Waals surface area contributed by atoms with Crippen molar-refractivity contribution in [3.8, 4) is 5.75 Å². The standard InChI is InChI=1S/C16H21FN4O3/c17-13-1-3-15(4-2-13)24-10-14(22)7-20-5-6-23-16(8-20)9-21-12-18-11-19-21/h1-4,11-12,14,16,22H,5-10H2/t14-,16-/m1/s1. The van der Waals surface area contributed by atoms with Gasteiger partial charge >= 0.3 is 0 Å². The number of hydrogen-bond donors (Lipinski definition) is 1. The summed E-state index contributed by atoms with van der Waals surface area (Å²) >= 11 is 0. The maximum Gasteiger partial charge on any atom is 0.137 e. The number of aliphatic hydroxyl groups is 1. The van der Waals surface area contributed by atoms with Crippen LogP contribution in [-0.4, -0.2) is 69.8 Å². The van der Waals surface area contributed by atoms with E-state index >= 15 is 0 Å². The second kappa shape index (κ2) is 8.18. The van der Waals surface area contributed by atoms with Gasteiger partial charge in [0.2, 0.25) is 0 Å². The molecule has 2 atom stereocenters. The highest BCUT2D eigenvalue weighted by Gasteiger charge is 2.23. The van der Waals surface area contributed by atoms with Gasteiger partial charge in [0, 0.05) is 19.6 Å². The van der Waals surface area contributed by atoms with Crippen molar-refractivity contribution in [3.63, 3.8) is 0 Å². The van der Waals surface area contributed by atoms with Gasteiger partial charge in [0.25, 0.3) is 0 Å². The second-order valence-electron chi connectivity index (χ2n) is 5.79. The summed E-state index contributed by atoms with van der Waals surface area (Å²) in [5.41, 5.74) is 0. The van der Waals surface area contributed by atoms with Crippen LogP contribution in [-0.2, 0) is 11.3 Å². The average molecular weight is 336 g/mol. The highest BCUT2D eigenvalue weighted by atomic mass is 19.1. The van der Waals surface area contributed by atoms with Crippen molar-refractivity contribution >= 4 is 0 Å². The molecular weight excluding hydrogens is 315 g/mol. The fraction of sp³-hybridized carbons (Fsp3) is 0.500. The van der Waals surface area contributed by atoms with Crippen molar-refractivity contribution in [2.45, 2.75) is 18.8 Å². The van der Waals surface area contributed by atoms with Crippen LogP contribution in [0.4, 0.5) is 4.39 Å². The Labute approximate surface area is 139 Å². The number of β-amino-alcohol motifs (C(OH)–C–C–N with tert-alkyl or cyclic N) is 1. The molecule has 1 aromatic heterocycles. The molecule has 1 aliphatic heterocycles. The quantitative estimate of drug-likeness (QED) is 0.796. The molecule has 1 saturated heterocycles. The molecular formula is C16H21FN4O3. The van der Waals surface area contributed by atoms with Crippen molar-refractivity contribution < 1.29 is 19.0 Å². The molecule has 1 fully saturated rings. The normalized spacial score (nSPS) is 20.0. The predicted molar refractivity (Wildman–Crippen MR) is 84.1 cm³/mol. The zero-order valence-corrected chi connectivity index (χ0v) is 13.3. The molecule has 1 aliphatic rings. The first-order chi connectivity index (χ1) is 11.7. The van der Waals surface area contributed by atoms with Crippen LogP contribution < -0.4 is 4.74 Å². The van der Waals surface area contributed by atoms with Crippen LogP contribution in [0, 0.1) is 5.82 Å². The first-order valence-corrected chi connectivity index (χ1v) is 7.92. The van der Waals surface area contributed by atoms with Crippen molar-refractivity contribution in [1.29, 1.82) is 0 Å². The van der Waals surface area contributed by atoms with Crippen LogP contribution in [0.2, 0.25) is 0 Å². The first-order valence-electron chi connectivity index (χ1n) is 7.92. The lowest BCUT2D eigenvalue weighted by Gasteiger charge is -2.33. The summed E-state index contributed by atoms with van der Waals surface area (Å²) in [7, 11) is 0. The Morgan fingerprint density at radius 3 is 2.96 bits per heavy atom. The Bertz CT molecular complexity index is 608. The number of morpholine rings is 1. The smallest absolute Gasteiger partial charge is 0.137 e. The van der Waals surface area contributed by atoms with Crippen LogP contribution in [0.15, 0.2) is 36.9 Å². The molecule has 0 saturated carbocycles. The van der Waals surface area contributed by atoms with Gasteiger partial charge in [0.05, 0.1) is 19.3 Å². The van der Waals surface area contributed by atoms with Crippen LogP contribution in [0.3, 0.4) is 0 Å². The third-order valence-electron chi connectivity index (χ3n) is 3.81. The van der Waals surface area contributed by atoms with Gasteiger partial charge in [-0.3, -0.25) is 9.58 Å². The van der Waals surface area contributed by atoms with E-state index in [9.17, 15) is 9.50 Å². The number of aliphatic hydroxyl groups excluding tert-OH is 1. The highest BCUT2D eigenvalue weighted by molar-refractivity contribution is 5.22. The van der Waals surface area contributed by atoms with Crippen molar-refractivity contribution in [2.24, 2.45) is 0 Å². The molecule has 0 bridgehead atoms. The Kier molecular flexibility index (Phi) is 5.73. The maximum atomic E-state index is 12.8. The van der Waals surface area contributed by atoms with Gasteiger partial charge in [-0.1, -0.05) is 0 Å². The number of nitrogens with zero attached hydrogens (tertiary/aromatic N) is 4. The van der Waals surface area contributed by atoms with Crippen LogP contribution >= 0.6 is 0 Å². The predicted octanol–water partition coefficient (Wildman–Crippen LogP) is 0.558. The molecule has 3 rings (SSSR count). The lowest BCUT2D eigenvalue weighted by Crippen LogP contribution is -2.47. The van der Waals surface area contributed by atoms with E-state index in [-0.39, 0.29) is 18.5 Å². The summed E-state index contributed by atoms with van der Waals surface area (Å²) in [5, 5.41) is 14.2. The topological polar surface area (TPSA) is 72.6 Å². The molecule has 1 aromatic carbocycles. The van der Waals surface area contributed by atoms with Gasteiger partial charge in [-0.05, 0) is 24.3 Å². The number of ether oxygens (including phenoxy) is 2. The molecule has 7 nitrogen and oxygen atoms in total. The van der Waals surface area contributed by atoms with E-state index in [2.05, 4.69) is 15.0 Å². The molecule has 130 valence electrons. The number of halogens is 1. The van der Waals surface area contributed by atoms with Crippen molar-refractivity contribution in [3.05, 3.63) is 42.7 Å². The van der Waals surface area contributed by atoms with Crippen LogP contribution in [0.5, 0.6) is 5.75 Å². The summed E-state index contributed by atoms with van der Waals surface area (Å²) in [5.74, 6) is 0.233. The van der Waals surface area contributed by atoms with Gasteiger partial charge in [-0.15, -0.1) is 0 Å². The third-order valence-corrected chi connectivity index (χ3v) is 3.81. The number of aromatic nitrogens is 3. The fourth-order valence-electron chi connectivity index (χ4n) is 2.67. The third kappa shape index (κ3) is 4.98. The van der Waals surface area contributed by atoms with E-state index in [0.717, 1.165) is 6.54 Å². The monoisotopic (exact) mass is 336 g/mol. The van der Waals surface area contributed by atoms with Gasteiger partial charge in [-0.25, -0.2) is 9.37 Å². The summed E-state index contributed by atoms with van der Waals surface area (Å²) in [6, 6.07) is 5.76. The van der Waals surface area contributed by atoms with Gasteiger partial charge in [0.1, 0.15) is 36.9 Å². The zero-order valence-electron chi connectivity index (χ0n) is 13.3. The molecule has 24 heavy (non-hydrogen) atoms. The highest BCUT2D eigenvalue weighted by Crippen LogP contribution is 2.12. The first kappa shape index (κ1) is 16.8. The van der Waals surface area contributed by atoms with E-state index in [1.165, 1.54) is 18.5 Å². The van der Waals surface area contributed by atoms with E-state index in [4.69, 9.17) is 9.47 Å². The number of benzene rings is 1. The SMILES string of the molecule is O[C@@H](COc1ccc(F)cc1)CN1CCO[C@@H](Cn2cncn2)C1. The summed E-state index contributed by atoms with van der Waals surface area (Å²) in [4.78, 5) is 6.06. The average Bonchev–Trinajstić information content (AvgIpc) is 3.08. The maximum absolute atomic E-state index is 12.8. The van der Waals surface area contributed by atoms with E-state index < -0.39 is 6.10 Å². The van der Waals surface area contributed by atoms with E-state index in [0.29, 0.717) is 32.0 Å².